The zero-order chi connectivity index (χ0) is 7.28. The van der Waals surface area contributed by atoms with Crippen molar-refractivity contribution < 1.29 is 14.3 Å². The third-order valence-electron chi connectivity index (χ3n) is 0.699. The van der Waals surface area contributed by atoms with Gasteiger partial charge in [0.15, 0.2) is 0 Å². The Labute approximate surface area is 54.0 Å². The molecule has 0 rings (SSSR count). The van der Waals surface area contributed by atoms with Crippen LogP contribution in [0.2, 0.25) is 0 Å². The standard InChI is InChI=1S/C6H10O3/c1-3-9-6(8)4-5(2)7/h3-4H2,1-2H3/i6+1. The summed E-state index contributed by atoms with van der Waals surface area (Å²) in [6, 6.07) is 0. The minimum atomic E-state index is -0.440. The summed E-state index contributed by atoms with van der Waals surface area (Å²) in [4.78, 5) is 20.6. The minimum absolute atomic E-state index is 0.103. The number of carbonyl (C=O) groups is 2. The van der Waals surface area contributed by atoms with E-state index in [4.69, 9.17) is 0 Å². The fourth-order valence-corrected chi connectivity index (χ4v) is 0.415. The molecule has 3 nitrogen and oxygen atoms in total. The molecular weight excluding hydrogens is 121 g/mol. The first kappa shape index (κ1) is 8.14. The molecule has 0 aliphatic heterocycles. The molecule has 0 radical (unpaired) electrons. The highest BCUT2D eigenvalue weighted by Gasteiger charge is 2.03. The van der Waals surface area contributed by atoms with Gasteiger partial charge in [0.05, 0.1) is 6.61 Å². The smallest absolute Gasteiger partial charge is 0.313 e. The normalized spacial score (nSPS) is 8.67. The third kappa shape index (κ3) is 5.00. The van der Waals surface area contributed by atoms with Crippen LogP contribution in [0, 0.1) is 0 Å². The molecule has 0 saturated carbocycles. The number of rotatable bonds is 3. The number of carbonyl (C=O) groups excluding carboxylic acids is 2. The van der Waals surface area contributed by atoms with Crippen LogP contribution in [0.3, 0.4) is 0 Å². The molecule has 0 aromatic carbocycles. The van der Waals surface area contributed by atoms with Crippen LogP contribution in [0.15, 0.2) is 0 Å². The number of esters is 1. The second-order valence-corrected chi connectivity index (χ2v) is 1.68. The second kappa shape index (κ2) is 4.06. The third-order valence-corrected chi connectivity index (χ3v) is 0.699. The summed E-state index contributed by atoms with van der Waals surface area (Å²) < 4.78 is 4.49. The van der Waals surface area contributed by atoms with Gasteiger partial charge in [-0.3, -0.25) is 9.59 Å². The molecule has 9 heavy (non-hydrogen) atoms. The van der Waals surface area contributed by atoms with Crippen LogP contribution in [0.1, 0.15) is 20.3 Å². The van der Waals surface area contributed by atoms with Gasteiger partial charge in [0.25, 0.3) is 0 Å². The molecule has 0 aromatic rings. The van der Waals surface area contributed by atoms with Gasteiger partial charge >= 0.3 is 5.97 Å². The number of Topliss-reactive ketones (excluding diaryl/α,β-unsaturated/α-hetero) is 1. The van der Waals surface area contributed by atoms with Crippen molar-refractivity contribution in [2.45, 2.75) is 20.3 Å². The van der Waals surface area contributed by atoms with E-state index in [1.54, 1.807) is 6.92 Å². The van der Waals surface area contributed by atoms with Gasteiger partial charge in [0.2, 0.25) is 0 Å². The summed E-state index contributed by atoms with van der Waals surface area (Å²) in [6.45, 7) is 3.40. The van der Waals surface area contributed by atoms with Crippen LogP contribution in [0.5, 0.6) is 0 Å². The average Bonchev–Trinajstić information content (AvgIpc) is 1.63. The van der Waals surface area contributed by atoms with Gasteiger partial charge in [0.1, 0.15) is 12.2 Å². The summed E-state index contributed by atoms with van der Waals surface area (Å²) in [7, 11) is 0. The van der Waals surface area contributed by atoms with Crippen LogP contribution >= 0.6 is 0 Å². The predicted molar refractivity (Wildman–Crippen MR) is 31.9 cm³/mol. The van der Waals surface area contributed by atoms with Gasteiger partial charge in [-0.15, -0.1) is 0 Å². The summed E-state index contributed by atoms with van der Waals surface area (Å²) in [5.41, 5.74) is 0. The van der Waals surface area contributed by atoms with Crippen LogP contribution in [0.25, 0.3) is 0 Å². The highest BCUT2D eigenvalue weighted by molar-refractivity contribution is 5.94. The van der Waals surface area contributed by atoms with Crippen molar-refractivity contribution in [3.63, 3.8) is 0 Å². The van der Waals surface area contributed by atoms with Crippen LogP contribution < -0.4 is 0 Å². The van der Waals surface area contributed by atoms with Gasteiger partial charge in [-0.2, -0.15) is 0 Å². The Kier molecular flexibility index (Phi) is 3.67. The van der Waals surface area contributed by atoms with Gasteiger partial charge in [-0.1, -0.05) is 0 Å². The van der Waals surface area contributed by atoms with Crippen LogP contribution in [-0.4, -0.2) is 18.4 Å². The van der Waals surface area contributed by atoms with E-state index >= 15 is 0 Å². The maximum atomic E-state index is 10.4. The molecule has 3 heteroatoms. The quantitative estimate of drug-likeness (QED) is 0.319. The Morgan fingerprint density at radius 1 is 1.44 bits per heavy atom. The maximum absolute atomic E-state index is 10.4. The highest BCUT2D eigenvalue weighted by atomic mass is 16.6. The van der Waals surface area contributed by atoms with Crippen molar-refractivity contribution in [3.05, 3.63) is 0 Å². The lowest BCUT2D eigenvalue weighted by atomic mass is 10.4. The molecule has 0 aliphatic carbocycles. The Morgan fingerprint density at radius 2 is 2.00 bits per heavy atom. The van der Waals surface area contributed by atoms with Gasteiger partial charge in [0, 0.05) is 0 Å². The van der Waals surface area contributed by atoms with Crippen molar-refractivity contribution in [3.8, 4) is 0 Å². The molecule has 0 unspecified atom stereocenters. The first-order chi connectivity index (χ1) is 4.16. The van der Waals surface area contributed by atoms with E-state index in [0.717, 1.165) is 0 Å². The fourth-order valence-electron chi connectivity index (χ4n) is 0.415. The Balaban J connectivity index is 3.39. The second-order valence-electron chi connectivity index (χ2n) is 1.68. The lowest BCUT2D eigenvalue weighted by Crippen LogP contribution is -2.07. The molecule has 0 atom stereocenters. The maximum Gasteiger partial charge on any atom is 0.313 e. The summed E-state index contributed by atoms with van der Waals surface area (Å²) in [6.07, 6.45) is -0.103. The molecule has 0 saturated heterocycles. The van der Waals surface area contributed by atoms with Crippen molar-refractivity contribution in [1.29, 1.82) is 0 Å². The van der Waals surface area contributed by atoms with Crippen molar-refractivity contribution in [1.82, 2.24) is 0 Å². The van der Waals surface area contributed by atoms with Gasteiger partial charge in [-0.05, 0) is 13.8 Å². The predicted octanol–water partition coefficient (Wildman–Crippen LogP) is 0.529. The lowest BCUT2D eigenvalue weighted by Gasteiger charge is -1.96. The summed E-state index contributed by atoms with van der Waals surface area (Å²) in [5, 5.41) is 0. The Hall–Kier alpha value is -0.860. The van der Waals surface area contributed by atoms with Crippen LogP contribution in [-0.2, 0) is 14.3 Å². The lowest BCUT2D eigenvalue weighted by molar-refractivity contribution is -0.145. The number of hydrogen-bond acceptors (Lipinski definition) is 3. The molecule has 52 valence electrons. The number of ketones is 1. The van der Waals surface area contributed by atoms with Crippen LogP contribution in [0.4, 0.5) is 0 Å². The van der Waals surface area contributed by atoms with Crippen molar-refractivity contribution in [2.75, 3.05) is 6.61 Å². The summed E-state index contributed by atoms with van der Waals surface area (Å²) >= 11 is 0. The van der Waals surface area contributed by atoms with E-state index in [-0.39, 0.29) is 12.2 Å². The zero-order valence-electron chi connectivity index (χ0n) is 5.64. The monoisotopic (exact) mass is 131 g/mol. The van der Waals surface area contributed by atoms with E-state index in [0.29, 0.717) is 6.61 Å². The topological polar surface area (TPSA) is 43.4 Å². The first-order valence-corrected chi connectivity index (χ1v) is 2.82. The van der Waals surface area contributed by atoms with E-state index in [1.165, 1.54) is 6.92 Å². The molecular formula is C6H10O3. The Bertz CT molecular complexity index is 117. The van der Waals surface area contributed by atoms with E-state index in [1.807, 2.05) is 0 Å². The summed E-state index contributed by atoms with van der Waals surface area (Å²) in [5.74, 6) is -0.599. The molecule has 0 heterocycles. The SMILES string of the molecule is CCO[13C](=O)CC(C)=O. The van der Waals surface area contributed by atoms with E-state index < -0.39 is 5.97 Å². The van der Waals surface area contributed by atoms with Gasteiger partial charge < -0.3 is 4.74 Å². The van der Waals surface area contributed by atoms with E-state index in [2.05, 4.69) is 4.74 Å². The average molecular weight is 131 g/mol. The fraction of sp³-hybridized carbons (Fsp3) is 0.667. The number of hydrogen-bond donors (Lipinski definition) is 0. The highest BCUT2D eigenvalue weighted by Crippen LogP contribution is 1.86. The largest absolute Gasteiger partial charge is 0.466 e. The molecule has 0 amide bonds. The minimum Gasteiger partial charge on any atom is -0.466 e. The Morgan fingerprint density at radius 3 is 2.33 bits per heavy atom. The zero-order valence-corrected chi connectivity index (χ0v) is 5.64. The van der Waals surface area contributed by atoms with Gasteiger partial charge in [-0.25, -0.2) is 0 Å². The van der Waals surface area contributed by atoms with E-state index in [9.17, 15) is 9.59 Å². The molecule has 0 aromatic heterocycles. The molecule has 0 aliphatic rings. The molecule has 0 N–H and O–H groups in total. The number of ether oxygens (including phenoxy) is 1. The van der Waals surface area contributed by atoms with Crippen molar-refractivity contribution in [2.24, 2.45) is 0 Å². The molecule has 0 spiro atoms. The first-order valence-electron chi connectivity index (χ1n) is 2.82. The van der Waals surface area contributed by atoms with Crippen molar-refractivity contribution >= 4 is 11.8 Å². The molecule has 0 fully saturated rings. The molecule has 0 bridgehead atoms.